The van der Waals surface area contributed by atoms with Gasteiger partial charge in [0.25, 0.3) is 0 Å². The number of amides is 3. The fourth-order valence-corrected chi connectivity index (χ4v) is 7.48. The number of fused-ring (bicyclic) bond motifs is 1. The van der Waals surface area contributed by atoms with Crippen molar-refractivity contribution in [2.45, 2.75) is 50.8 Å². The SMILES string of the molecule is CCOC(=O)C(C#N)[C@@H]1C2SC(CN(C(C)=O)c3cccc(CN4CCN(C(C)=O)CC4)c3)C(=O)N(CC)C21. The molecule has 3 fully saturated rings. The smallest absolute Gasteiger partial charge is 0.323 e. The Labute approximate surface area is 234 Å². The van der Waals surface area contributed by atoms with Gasteiger partial charge in [-0.05, 0) is 31.5 Å². The van der Waals surface area contributed by atoms with Crippen LogP contribution in [0.25, 0.3) is 0 Å². The van der Waals surface area contributed by atoms with E-state index in [0.717, 1.165) is 24.3 Å². The first-order valence-electron chi connectivity index (χ1n) is 13.6. The summed E-state index contributed by atoms with van der Waals surface area (Å²) in [6, 6.07) is 9.74. The molecule has 0 spiro atoms. The van der Waals surface area contributed by atoms with E-state index in [1.54, 1.807) is 23.6 Å². The van der Waals surface area contributed by atoms with Crippen molar-refractivity contribution in [1.29, 1.82) is 5.26 Å². The molecule has 39 heavy (non-hydrogen) atoms. The van der Waals surface area contributed by atoms with Crippen LogP contribution in [0.4, 0.5) is 5.69 Å². The van der Waals surface area contributed by atoms with Gasteiger partial charge in [0.05, 0.1) is 12.7 Å². The maximum absolute atomic E-state index is 13.5. The molecule has 4 rings (SSSR count). The molecule has 10 nitrogen and oxygen atoms in total. The van der Waals surface area contributed by atoms with Gasteiger partial charge in [-0.2, -0.15) is 5.26 Å². The lowest BCUT2D eigenvalue weighted by Gasteiger charge is -2.35. The van der Waals surface area contributed by atoms with Crippen LogP contribution in [0.5, 0.6) is 0 Å². The molecule has 0 aromatic heterocycles. The molecule has 11 heteroatoms. The highest BCUT2D eigenvalue weighted by Gasteiger charge is 2.64. The van der Waals surface area contributed by atoms with Crippen molar-refractivity contribution in [3.63, 3.8) is 0 Å². The van der Waals surface area contributed by atoms with Crippen molar-refractivity contribution in [2.24, 2.45) is 11.8 Å². The van der Waals surface area contributed by atoms with E-state index in [1.807, 2.05) is 36.1 Å². The van der Waals surface area contributed by atoms with Crippen LogP contribution in [0.1, 0.15) is 33.3 Å². The third kappa shape index (κ3) is 6.23. The van der Waals surface area contributed by atoms with E-state index >= 15 is 0 Å². The van der Waals surface area contributed by atoms with Gasteiger partial charge in [-0.1, -0.05) is 12.1 Å². The summed E-state index contributed by atoms with van der Waals surface area (Å²) in [7, 11) is 0. The van der Waals surface area contributed by atoms with Crippen molar-refractivity contribution in [2.75, 3.05) is 50.8 Å². The van der Waals surface area contributed by atoms with Crippen LogP contribution in [0.2, 0.25) is 0 Å². The number of hydrogen-bond donors (Lipinski definition) is 0. The fraction of sp³-hybridized carbons (Fsp3) is 0.607. The minimum atomic E-state index is -0.911. The zero-order valence-electron chi connectivity index (χ0n) is 23.0. The molecule has 1 saturated carbocycles. The largest absolute Gasteiger partial charge is 0.465 e. The summed E-state index contributed by atoms with van der Waals surface area (Å²) in [6.07, 6.45) is 0. The first-order chi connectivity index (χ1) is 18.7. The fourth-order valence-electron chi connectivity index (χ4n) is 5.71. The van der Waals surface area contributed by atoms with E-state index in [1.165, 1.54) is 18.7 Å². The molecular formula is C28H37N5O5S. The highest BCUT2D eigenvalue weighted by Crippen LogP contribution is 2.55. The minimum Gasteiger partial charge on any atom is -0.465 e. The highest BCUT2D eigenvalue weighted by atomic mass is 32.2. The second-order valence-electron chi connectivity index (χ2n) is 10.2. The van der Waals surface area contributed by atoms with Gasteiger partial charge in [-0.3, -0.25) is 24.1 Å². The molecule has 3 amide bonds. The van der Waals surface area contributed by atoms with Crippen LogP contribution < -0.4 is 4.90 Å². The van der Waals surface area contributed by atoms with Crippen LogP contribution >= 0.6 is 11.8 Å². The standard InChI is InChI=1S/C28H37N5O5S/c1-5-32-25-24(22(15-29)28(37)38-6-2)26(25)39-23(27(32)36)17-33(19(4)35)21-9-7-8-20(14-21)16-30-10-12-31(13-11-30)18(3)34/h7-9,14,22-26H,5-6,10-13,16-17H2,1-4H3/t22?,23?,24-,25?,26?/m0/s1. The van der Waals surface area contributed by atoms with E-state index in [2.05, 4.69) is 11.0 Å². The Kier molecular flexibility index (Phi) is 9.18. The molecule has 1 aromatic carbocycles. The van der Waals surface area contributed by atoms with Crippen LogP contribution in [-0.4, -0.2) is 101 Å². The molecule has 2 aliphatic heterocycles. The predicted octanol–water partition coefficient (Wildman–Crippen LogP) is 1.74. The second-order valence-corrected chi connectivity index (χ2v) is 11.6. The van der Waals surface area contributed by atoms with E-state index in [-0.39, 0.29) is 48.1 Å². The van der Waals surface area contributed by atoms with Crippen molar-refractivity contribution in [3.8, 4) is 6.07 Å². The lowest BCUT2D eigenvalue weighted by atomic mass is 10.1. The predicted molar refractivity (Wildman–Crippen MR) is 148 cm³/mol. The molecule has 2 saturated heterocycles. The average Bonchev–Trinajstić information content (AvgIpc) is 3.61. The van der Waals surface area contributed by atoms with Gasteiger partial charge in [-0.25, -0.2) is 0 Å². The van der Waals surface area contributed by atoms with Gasteiger partial charge < -0.3 is 19.4 Å². The van der Waals surface area contributed by atoms with Crippen LogP contribution in [-0.2, 0) is 30.5 Å². The maximum Gasteiger partial charge on any atom is 0.323 e. The first kappa shape index (κ1) is 28.9. The number of rotatable bonds is 9. The number of benzene rings is 1. The van der Waals surface area contributed by atoms with Gasteiger partial charge in [0.15, 0.2) is 0 Å². The zero-order chi connectivity index (χ0) is 28.3. The number of carbonyl (C=O) groups is 4. The van der Waals surface area contributed by atoms with Crippen molar-refractivity contribution in [3.05, 3.63) is 29.8 Å². The maximum atomic E-state index is 13.5. The van der Waals surface area contributed by atoms with Gasteiger partial charge in [0, 0.05) is 82.6 Å². The van der Waals surface area contributed by atoms with E-state index in [9.17, 15) is 24.4 Å². The number of esters is 1. The molecule has 1 aliphatic carbocycles. The minimum absolute atomic E-state index is 0.0458. The topological polar surface area (TPSA) is 114 Å². The Hall–Kier alpha value is -3.10. The molecule has 0 radical (unpaired) electrons. The summed E-state index contributed by atoms with van der Waals surface area (Å²) in [6.45, 7) is 11.3. The van der Waals surface area contributed by atoms with Crippen LogP contribution in [0.15, 0.2) is 24.3 Å². The molecule has 4 unspecified atom stereocenters. The summed E-state index contributed by atoms with van der Waals surface area (Å²) < 4.78 is 5.11. The number of thioether (sulfide) groups is 1. The van der Waals surface area contributed by atoms with Gasteiger partial charge >= 0.3 is 5.97 Å². The monoisotopic (exact) mass is 555 g/mol. The zero-order valence-corrected chi connectivity index (χ0v) is 23.9. The highest BCUT2D eigenvalue weighted by molar-refractivity contribution is 8.01. The van der Waals surface area contributed by atoms with Crippen molar-refractivity contribution < 1.29 is 23.9 Å². The number of anilines is 1. The lowest BCUT2D eigenvalue weighted by molar-refractivity contribution is -0.147. The first-order valence-corrected chi connectivity index (χ1v) is 14.5. The van der Waals surface area contributed by atoms with E-state index < -0.39 is 17.1 Å². The Bertz CT molecular complexity index is 1150. The van der Waals surface area contributed by atoms with Crippen molar-refractivity contribution >= 4 is 41.1 Å². The molecule has 2 heterocycles. The van der Waals surface area contributed by atoms with E-state index in [4.69, 9.17) is 4.74 Å². The summed E-state index contributed by atoms with van der Waals surface area (Å²) in [5, 5.41) is 9.14. The Morgan fingerprint density at radius 3 is 2.49 bits per heavy atom. The average molecular weight is 556 g/mol. The molecular weight excluding hydrogens is 518 g/mol. The van der Waals surface area contributed by atoms with E-state index in [0.29, 0.717) is 26.2 Å². The Morgan fingerprint density at radius 1 is 1.18 bits per heavy atom. The number of nitriles is 1. The third-order valence-corrected chi connectivity index (χ3v) is 9.38. The van der Waals surface area contributed by atoms with Gasteiger partial charge in [-0.15, -0.1) is 11.8 Å². The summed E-state index contributed by atoms with van der Waals surface area (Å²) >= 11 is 1.47. The number of ether oxygens (including phenoxy) is 1. The molecule has 5 atom stereocenters. The number of hydrogen-bond acceptors (Lipinski definition) is 8. The molecule has 210 valence electrons. The Morgan fingerprint density at radius 2 is 1.90 bits per heavy atom. The number of piperazine rings is 1. The molecule has 1 aromatic rings. The van der Waals surface area contributed by atoms with Crippen LogP contribution in [0, 0.1) is 23.2 Å². The van der Waals surface area contributed by atoms with Gasteiger partial charge in [0.2, 0.25) is 17.7 Å². The number of nitrogens with zero attached hydrogens (tertiary/aromatic N) is 5. The summed E-state index contributed by atoms with van der Waals surface area (Å²) in [5.41, 5.74) is 1.79. The summed E-state index contributed by atoms with van der Waals surface area (Å²) in [4.78, 5) is 57.8. The Balaban J connectivity index is 1.46. The molecule has 0 bridgehead atoms. The molecule has 0 N–H and O–H groups in total. The molecule has 3 aliphatic rings. The quantitative estimate of drug-likeness (QED) is 0.424. The normalized spacial score (nSPS) is 25.4. The van der Waals surface area contributed by atoms with Crippen molar-refractivity contribution in [1.82, 2.24) is 14.7 Å². The lowest BCUT2D eigenvalue weighted by Crippen LogP contribution is -2.49. The van der Waals surface area contributed by atoms with Crippen LogP contribution in [0.3, 0.4) is 0 Å². The number of carbonyl (C=O) groups excluding carboxylic acids is 4. The second kappa shape index (κ2) is 12.4. The third-order valence-electron chi connectivity index (χ3n) is 7.79. The van der Waals surface area contributed by atoms with Gasteiger partial charge in [0.1, 0.15) is 11.2 Å². The summed E-state index contributed by atoms with van der Waals surface area (Å²) in [5.74, 6) is -1.85.